The maximum absolute atomic E-state index is 3.94. The van der Waals surface area contributed by atoms with E-state index in [1.54, 1.807) is 6.20 Å². The molecule has 5 heteroatoms. The maximum Gasteiger partial charge on any atom is 0.201 e. The number of aromatic nitrogens is 4. The summed E-state index contributed by atoms with van der Waals surface area (Å²) in [6.45, 7) is 0. The van der Waals surface area contributed by atoms with Crippen LogP contribution in [0.3, 0.4) is 0 Å². The zero-order chi connectivity index (χ0) is 6.10. The Bertz CT molecular complexity index is 288. The lowest BCUT2D eigenvalue weighted by molar-refractivity contribution is 0.824. The highest BCUT2D eigenvalue weighted by Crippen LogP contribution is 1.99. The Morgan fingerprint density at radius 3 is 3.00 bits per heavy atom. The van der Waals surface area contributed by atoms with Gasteiger partial charge in [-0.1, -0.05) is 0 Å². The second-order valence-electron chi connectivity index (χ2n) is 1.67. The highest BCUT2D eigenvalue weighted by atomic mass is 16.0. The van der Waals surface area contributed by atoms with E-state index in [0.29, 0.717) is 5.65 Å². The van der Waals surface area contributed by atoms with Gasteiger partial charge in [0.05, 0.1) is 0 Å². The molecule has 52 valence electrons. The molecule has 0 aliphatic carbocycles. The molecule has 3 N–H and O–H groups in total. The molecule has 10 heavy (non-hydrogen) atoms. The average Bonchev–Trinajstić information content (AvgIpc) is 2.33. The third-order valence-corrected chi connectivity index (χ3v) is 1.09. The molecule has 0 spiro atoms. The predicted molar refractivity (Wildman–Crippen MR) is 35.3 cm³/mol. The average molecular weight is 138 g/mol. The van der Waals surface area contributed by atoms with Crippen LogP contribution in [0.4, 0.5) is 0 Å². The van der Waals surface area contributed by atoms with Crippen molar-refractivity contribution in [2.75, 3.05) is 0 Å². The summed E-state index contributed by atoms with van der Waals surface area (Å²) in [6.07, 6.45) is 1.69. The molecule has 5 nitrogen and oxygen atoms in total. The lowest BCUT2D eigenvalue weighted by Gasteiger charge is -1.77. The fourth-order valence-electron chi connectivity index (χ4n) is 0.688. The van der Waals surface area contributed by atoms with E-state index in [-0.39, 0.29) is 5.48 Å². The van der Waals surface area contributed by atoms with Gasteiger partial charge in [0.1, 0.15) is 5.52 Å². The predicted octanol–water partition coefficient (Wildman–Crippen LogP) is -0.472. The summed E-state index contributed by atoms with van der Waals surface area (Å²) in [7, 11) is 0. The first-order valence-corrected chi connectivity index (χ1v) is 2.58. The minimum absolute atomic E-state index is 0. The van der Waals surface area contributed by atoms with Gasteiger partial charge in [0.25, 0.3) is 0 Å². The van der Waals surface area contributed by atoms with Crippen molar-refractivity contribution in [1.29, 1.82) is 0 Å². The number of H-pyrrole nitrogens is 1. The molecule has 0 aliphatic rings. The lowest BCUT2D eigenvalue weighted by Crippen LogP contribution is -1.71. The number of hydrogen-bond acceptors (Lipinski definition) is 3. The summed E-state index contributed by atoms with van der Waals surface area (Å²) in [4.78, 5) is 3.94. The van der Waals surface area contributed by atoms with Gasteiger partial charge in [-0.25, -0.2) is 4.98 Å². The third kappa shape index (κ3) is 0.822. The Morgan fingerprint density at radius 2 is 2.20 bits per heavy atom. The van der Waals surface area contributed by atoms with Crippen LogP contribution in [-0.2, 0) is 0 Å². The normalized spacial score (nSPS) is 9.20. The van der Waals surface area contributed by atoms with Crippen molar-refractivity contribution in [2.45, 2.75) is 0 Å². The van der Waals surface area contributed by atoms with Gasteiger partial charge in [-0.15, -0.1) is 5.10 Å². The molecule has 0 aliphatic heterocycles. The topological polar surface area (TPSA) is 86.0 Å². The Hall–Kier alpha value is -1.49. The summed E-state index contributed by atoms with van der Waals surface area (Å²) in [5.74, 6) is 0. The number of nitrogens with one attached hydrogen (secondary N) is 1. The summed E-state index contributed by atoms with van der Waals surface area (Å²) in [5.41, 5.74) is 1.47. The van der Waals surface area contributed by atoms with E-state index < -0.39 is 0 Å². The number of nitrogens with zero attached hydrogens (tertiary/aromatic N) is 3. The summed E-state index contributed by atoms with van der Waals surface area (Å²) in [6, 6.07) is 3.68. The van der Waals surface area contributed by atoms with Crippen LogP contribution in [0.2, 0.25) is 0 Å². The van der Waals surface area contributed by atoms with Crippen molar-refractivity contribution < 1.29 is 5.48 Å². The third-order valence-electron chi connectivity index (χ3n) is 1.09. The van der Waals surface area contributed by atoms with Gasteiger partial charge in [-0.2, -0.15) is 10.3 Å². The summed E-state index contributed by atoms with van der Waals surface area (Å²) >= 11 is 0. The zero-order valence-corrected chi connectivity index (χ0v) is 5.07. The van der Waals surface area contributed by atoms with Crippen LogP contribution < -0.4 is 0 Å². The van der Waals surface area contributed by atoms with Crippen LogP contribution in [0.25, 0.3) is 11.2 Å². The van der Waals surface area contributed by atoms with E-state index in [1.807, 2.05) is 12.1 Å². The lowest BCUT2D eigenvalue weighted by atomic mass is 10.4. The number of aromatic amines is 1. The standard InChI is InChI=1S/C5H4N4.H2O/c1-2-4-5(6-3-1)8-9-7-4;/h1-3H,(H,6,7,8,9);1H2. The monoisotopic (exact) mass is 138 g/mol. The summed E-state index contributed by atoms with van der Waals surface area (Å²) < 4.78 is 0. The van der Waals surface area contributed by atoms with Crippen molar-refractivity contribution >= 4 is 11.2 Å². The van der Waals surface area contributed by atoms with Gasteiger partial charge in [0, 0.05) is 6.20 Å². The number of rotatable bonds is 0. The molecule has 0 atom stereocenters. The first-order chi connectivity index (χ1) is 4.47. The van der Waals surface area contributed by atoms with Crippen LogP contribution in [-0.4, -0.2) is 25.9 Å². The van der Waals surface area contributed by atoms with Crippen LogP contribution in [0.5, 0.6) is 0 Å². The molecule has 0 radical (unpaired) electrons. The van der Waals surface area contributed by atoms with Crippen molar-refractivity contribution in [1.82, 2.24) is 20.4 Å². The molecule has 2 heterocycles. The van der Waals surface area contributed by atoms with Gasteiger partial charge >= 0.3 is 0 Å². The maximum atomic E-state index is 3.94. The first-order valence-electron chi connectivity index (χ1n) is 2.58. The van der Waals surface area contributed by atoms with E-state index in [0.717, 1.165) is 5.52 Å². The minimum Gasteiger partial charge on any atom is -0.412 e. The second-order valence-corrected chi connectivity index (χ2v) is 1.67. The number of pyridine rings is 1. The smallest absolute Gasteiger partial charge is 0.201 e. The van der Waals surface area contributed by atoms with Gasteiger partial charge in [-0.05, 0) is 12.1 Å². The zero-order valence-electron chi connectivity index (χ0n) is 5.07. The van der Waals surface area contributed by atoms with Gasteiger partial charge < -0.3 is 5.48 Å². The Morgan fingerprint density at radius 1 is 1.30 bits per heavy atom. The van der Waals surface area contributed by atoms with Gasteiger partial charge in [-0.3, -0.25) is 0 Å². The molecule has 0 amide bonds. The largest absolute Gasteiger partial charge is 0.412 e. The first kappa shape index (κ1) is 6.63. The van der Waals surface area contributed by atoms with Crippen LogP contribution in [0.1, 0.15) is 0 Å². The van der Waals surface area contributed by atoms with E-state index in [4.69, 9.17) is 0 Å². The molecule has 0 saturated carbocycles. The van der Waals surface area contributed by atoms with Crippen molar-refractivity contribution in [3.63, 3.8) is 0 Å². The number of hydrogen-bond donors (Lipinski definition) is 1. The SMILES string of the molecule is O.c1cnc2n[nH]nc2c1. The van der Waals surface area contributed by atoms with Gasteiger partial charge in [0.15, 0.2) is 0 Å². The van der Waals surface area contributed by atoms with E-state index >= 15 is 0 Å². The second kappa shape index (κ2) is 2.40. The van der Waals surface area contributed by atoms with E-state index in [9.17, 15) is 0 Å². The molecule has 0 saturated heterocycles. The van der Waals surface area contributed by atoms with E-state index in [2.05, 4.69) is 20.4 Å². The van der Waals surface area contributed by atoms with Gasteiger partial charge in [0.2, 0.25) is 5.65 Å². The van der Waals surface area contributed by atoms with Crippen LogP contribution in [0.15, 0.2) is 18.3 Å². The molecule has 0 bridgehead atoms. The Balaban J connectivity index is 0.000000500. The van der Waals surface area contributed by atoms with E-state index in [1.165, 1.54) is 0 Å². The summed E-state index contributed by atoms with van der Waals surface area (Å²) in [5, 5.41) is 10.1. The van der Waals surface area contributed by atoms with Crippen LogP contribution in [0, 0.1) is 0 Å². The molecule has 0 aromatic carbocycles. The molecular formula is C5H6N4O. The highest BCUT2D eigenvalue weighted by molar-refractivity contribution is 5.67. The van der Waals surface area contributed by atoms with Crippen molar-refractivity contribution in [2.24, 2.45) is 0 Å². The minimum atomic E-state index is 0. The molecule has 2 rings (SSSR count). The molecule has 2 aromatic rings. The van der Waals surface area contributed by atoms with Crippen molar-refractivity contribution in [3.8, 4) is 0 Å². The molecule has 0 fully saturated rings. The Labute approximate surface area is 56.4 Å². The quantitative estimate of drug-likeness (QED) is 0.533. The highest BCUT2D eigenvalue weighted by Gasteiger charge is 1.92. The molecular weight excluding hydrogens is 132 g/mol. The fraction of sp³-hybridized carbons (Fsp3) is 0. The Kier molecular flexibility index (Phi) is 1.59. The fourth-order valence-corrected chi connectivity index (χ4v) is 0.688. The van der Waals surface area contributed by atoms with Crippen LogP contribution >= 0.6 is 0 Å². The number of fused-ring (bicyclic) bond motifs is 1. The van der Waals surface area contributed by atoms with Crippen molar-refractivity contribution in [3.05, 3.63) is 18.3 Å². The molecule has 0 unspecified atom stereocenters. The molecule has 2 aromatic heterocycles.